The smallest absolute Gasteiger partial charge is 0.310 e. The molecule has 1 fully saturated rings. The third kappa shape index (κ3) is 4.13. The summed E-state index contributed by atoms with van der Waals surface area (Å²) in [4.78, 5) is 0. The number of halogens is 4. The maximum Gasteiger partial charge on any atom is 0.391 e. The first-order valence-electron chi connectivity index (χ1n) is 6.91. The van der Waals surface area contributed by atoms with Gasteiger partial charge in [0.15, 0.2) is 0 Å². The van der Waals surface area contributed by atoms with Gasteiger partial charge in [0.25, 0.3) is 0 Å². The molecular weight excluding hydrogens is 287 g/mol. The van der Waals surface area contributed by atoms with E-state index in [9.17, 15) is 13.2 Å². The fourth-order valence-corrected chi connectivity index (χ4v) is 3.01. The van der Waals surface area contributed by atoms with Crippen molar-refractivity contribution >= 4 is 11.6 Å². The molecule has 1 saturated carbocycles. The van der Waals surface area contributed by atoms with Crippen LogP contribution in [0.15, 0.2) is 18.2 Å². The van der Waals surface area contributed by atoms with E-state index in [0.717, 1.165) is 17.5 Å². The van der Waals surface area contributed by atoms with Crippen LogP contribution in [0.5, 0.6) is 0 Å². The molecule has 112 valence electrons. The lowest BCUT2D eigenvalue weighted by atomic mass is 9.85. The molecule has 2 rings (SSSR count). The molecular formula is C15H19ClF3N. The van der Waals surface area contributed by atoms with Crippen molar-refractivity contribution in [2.75, 3.05) is 0 Å². The lowest BCUT2D eigenvalue weighted by molar-refractivity contribution is -0.183. The monoisotopic (exact) mass is 305 g/mol. The average Bonchev–Trinajstić information content (AvgIpc) is 2.37. The number of aryl methyl sites for hydroxylation is 1. The second-order valence-corrected chi connectivity index (χ2v) is 5.99. The van der Waals surface area contributed by atoms with Gasteiger partial charge < -0.3 is 5.32 Å². The Morgan fingerprint density at radius 2 is 2.05 bits per heavy atom. The van der Waals surface area contributed by atoms with E-state index in [0.29, 0.717) is 18.0 Å². The molecule has 2 unspecified atom stereocenters. The lowest BCUT2D eigenvalue weighted by Gasteiger charge is -2.31. The van der Waals surface area contributed by atoms with E-state index in [-0.39, 0.29) is 18.9 Å². The van der Waals surface area contributed by atoms with E-state index in [1.165, 1.54) is 0 Å². The summed E-state index contributed by atoms with van der Waals surface area (Å²) in [7, 11) is 0. The van der Waals surface area contributed by atoms with Gasteiger partial charge in [-0.3, -0.25) is 0 Å². The summed E-state index contributed by atoms with van der Waals surface area (Å²) in [5.41, 5.74) is 2.15. The second kappa shape index (κ2) is 6.35. The van der Waals surface area contributed by atoms with Gasteiger partial charge in [-0.2, -0.15) is 13.2 Å². The number of rotatable bonds is 3. The van der Waals surface area contributed by atoms with Gasteiger partial charge in [0.05, 0.1) is 5.92 Å². The van der Waals surface area contributed by atoms with Crippen molar-refractivity contribution in [1.82, 2.24) is 5.32 Å². The highest BCUT2D eigenvalue weighted by atomic mass is 35.5. The molecule has 1 aromatic carbocycles. The third-order valence-corrected chi connectivity index (χ3v) is 4.26. The Morgan fingerprint density at radius 3 is 2.70 bits per heavy atom. The molecule has 1 N–H and O–H groups in total. The summed E-state index contributed by atoms with van der Waals surface area (Å²) in [6, 6.07) is 5.56. The van der Waals surface area contributed by atoms with Gasteiger partial charge in [-0.1, -0.05) is 24.1 Å². The zero-order valence-electron chi connectivity index (χ0n) is 11.4. The minimum absolute atomic E-state index is 0.0505. The first kappa shape index (κ1) is 15.6. The molecule has 1 aliphatic rings. The molecule has 1 aromatic rings. The molecule has 2 atom stereocenters. The van der Waals surface area contributed by atoms with E-state index in [2.05, 4.69) is 5.32 Å². The average molecular weight is 306 g/mol. The summed E-state index contributed by atoms with van der Waals surface area (Å²) >= 11 is 5.89. The summed E-state index contributed by atoms with van der Waals surface area (Å²) in [6.45, 7) is 2.56. The minimum Gasteiger partial charge on any atom is -0.310 e. The van der Waals surface area contributed by atoms with Crippen LogP contribution in [0, 0.1) is 12.8 Å². The van der Waals surface area contributed by atoms with Crippen molar-refractivity contribution < 1.29 is 13.2 Å². The molecule has 1 aliphatic carbocycles. The van der Waals surface area contributed by atoms with Crippen molar-refractivity contribution in [3.05, 3.63) is 34.3 Å². The SMILES string of the molecule is Cc1cc(Cl)ccc1CNC1CCCC(C(F)(F)F)C1. The number of hydrogen-bond donors (Lipinski definition) is 1. The van der Waals surface area contributed by atoms with Crippen molar-refractivity contribution in [2.24, 2.45) is 5.92 Å². The molecule has 0 spiro atoms. The molecule has 0 saturated heterocycles. The Balaban J connectivity index is 1.90. The van der Waals surface area contributed by atoms with E-state index < -0.39 is 12.1 Å². The first-order chi connectivity index (χ1) is 9.36. The van der Waals surface area contributed by atoms with Crippen LogP contribution >= 0.6 is 11.6 Å². The molecule has 0 aliphatic heterocycles. The van der Waals surface area contributed by atoms with Crippen LogP contribution in [0.3, 0.4) is 0 Å². The minimum atomic E-state index is -4.06. The quantitative estimate of drug-likeness (QED) is 0.841. The zero-order valence-corrected chi connectivity index (χ0v) is 12.2. The second-order valence-electron chi connectivity index (χ2n) is 5.55. The summed E-state index contributed by atoms with van der Waals surface area (Å²) in [6.07, 6.45) is -2.14. The van der Waals surface area contributed by atoms with E-state index >= 15 is 0 Å². The lowest BCUT2D eigenvalue weighted by Crippen LogP contribution is -2.38. The van der Waals surface area contributed by atoms with Crippen molar-refractivity contribution in [2.45, 2.75) is 51.4 Å². The highest BCUT2D eigenvalue weighted by Crippen LogP contribution is 2.37. The summed E-state index contributed by atoms with van der Waals surface area (Å²) in [5.74, 6) is -1.15. The first-order valence-corrected chi connectivity index (χ1v) is 7.29. The molecule has 0 bridgehead atoms. The van der Waals surface area contributed by atoms with Crippen LogP contribution in [0.25, 0.3) is 0 Å². The maximum absolute atomic E-state index is 12.7. The van der Waals surface area contributed by atoms with Gasteiger partial charge in [0.1, 0.15) is 0 Å². The predicted octanol–water partition coefficient (Wildman–Crippen LogP) is 4.86. The highest BCUT2D eigenvalue weighted by Gasteiger charge is 2.41. The normalized spacial score (nSPS) is 23.9. The fraction of sp³-hybridized carbons (Fsp3) is 0.600. The zero-order chi connectivity index (χ0) is 14.8. The van der Waals surface area contributed by atoms with Crippen molar-refractivity contribution in [1.29, 1.82) is 0 Å². The van der Waals surface area contributed by atoms with Gasteiger partial charge >= 0.3 is 6.18 Å². The van der Waals surface area contributed by atoms with Crippen LogP contribution in [0.4, 0.5) is 13.2 Å². The molecule has 0 amide bonds. The van der Waals surface area contributed by atoms with Crippen LogP contribution in [0.1, 0.15) is 36.8 Å². The van der Waals surface area contributed by atoms with Gasteiger partial charge in [0, 0.05) is 17.6 Å². The van der Waals surface area contributed by atoms with E-state index in [1.54, 1.807) is 0 Å². The third-order valence-electron chi connectivity index (χ3n) is 4.02. The van der Waals surface area contributed by atoms with Gasteiger partial charge in [-0.05, 0) is 49.4 Å². The van der Waals surface area contributed by atoms with E-state index in [1.807, 2.05) is 25.1 Å². The summed E-state index contributed by atoms with van der Waals surface area (Å²) < 4.78 is 38.2. The Morgan fingerprint density at radius 1 is 1.30 bits per heavy atom. The Bertz CT molecular complexity index is 459. The number of nitrogens with one attached hydrogen (secondary N) is 1. The van der Waals surface area contributed by atoms with Crippen LogP contribution in [0.2, 0.25) is 5.02 Å². The maximum atomic E-state index is 12.7. The van der Waals surface area contributed by atoms with Crippen molar-refractivity contribution in [3.8, 4) is 0 Å². The molecule has 5 heteroatoms. The van der Waals surface area contributed by atoms with Gasteiger partial charge in [-0.25, -0.2) is 0 Å². The van der Waals surface area contributed by atoms with E-state index in [4.69, 9.17) is 11.6 Å². The molecule has 20 heavy (non-hydrogen) atoms. The number of benzene rings is 1. The summed E-state index contributed by atoms with van der Waals surface area (Å²) in [5, 5.41) is 3.94. The Hall–Kier alpha value is -0.740. The van der Waals surface area contributed by atoms with Gasteiger partial charge in [-0.15, -0.1) is 0 Å². The number of hydrogen-bond acceptors (Lipinski definition) is 1. The fourth-order valence-electron chi connectivity index (χ4n) is 2.78. The van der Waals surface area contributed by atoms with Crippen molar-refractivity contribution in [3.63, 3.8) is 0 Å². The van der Waals surface area contributed by atoms with Crippen LogP contribution in [-0.2, 0) is 6.54 Å². The molecule has 0 heterocycles. The Labute approximate surface area is 122 Å². The Kier molecular flexibility index (Phi) is 4.97. The highest BCUT2D eigenvalue weighted by molar-refractivity contribution is 6.30. The predicted molar refractivity (Wildman–Crippen MR) is 74.8 cm³/mol. The van der Waals surface area contributed by atoms with Crippen LogP contribution < -0.4 is 5.32 Å². The standard InChI is InChI=1S/C15H19ClF3N/c1-10-7-13(16)6-5-11(10)9-20-14-4-2-3-12(8-14)15(17,18)19/h5-7,12,14,20H,2-4,8-9H2,1H3. The molecule has 0 radical (unpaired) electrons. The van der Waals surface area contributed by atoms with Gasteiger partial charge in [0.2, 0.25) is 0 Å². The largest absolute Gasteiger partial charge is 0.391 e. The number of alkyl halides is 3. The molecule has 1 nitrogen and oxygen atoms in total. The topological polar surface area (TPSA) is 12.0 Å². The van der Waals surface area contributed by atoms with Crippen LogP contribution in [-0.4, -0.2) is 12.2 Å². The molecule has 0 aromatic heterocycles.